The Bertz CT molecular complexity index is 635. The maximum Gasteiger partial charge on any atom is 0.227 e. The average molecular weight is 316 g/mol. The van der Waals surface area contributed by atoms with E-state index in [1.54, 1.807) is 17.4 Å². The van der Waals surface area contributed by atoms with Gasteiger partial charge in [0, 0.05) is 25.5 Å². The van der Waals surface area contributed by atoms with E-state index in [1.807, 2.05) is 26.1 Å². The summed E-state index contributed by atoms with van der Waals surface area (Å²) < 4.78 is 5.41. The summed E-state index contributed by atoms with van der Waals surface area (Å²) in [7, 11) is 1.85. The second-order valence-corrected chi connectivity index (χ2v) is 6.36. The molecule has 3 rings (SSSR count). The van der Waals surface area contributed by atoms with Gasteiger partial charge in [0.25, 0.3) is 0 Å². The molecule has 1 aliphatic rings. The van der Waals surface area contributed by atoms with Crippen molar-refractivity contribution >= 4 is 5.91 Å². The van der Waals surface area contributed by atoms with Crippen LogP contribution < -0.4 is 0 Å². The minimum Gasteiger partial charge on any atom is -0.468 e. The number of carbonyl (C=O) groups excluding carboxylic acids is 1. The number of nitrogens with zero attached hydrogens (tertiary/aromatic N) is 3. The summed E-state index contributed by atoms with van der Waals surface area (Å²) in [5.41, 5.74) is 1.02. The fourth-order valence-corrected chi connectivity index (χ4v) is 3.19. The van der Waals surface area contributed by atoms with E-state index in [4.69, 9.17) is 4.42 Å². The van der Waals surface area contributed by atoms with Gasteiger partial charge in [-0.3, -0.25) is 9.69 Å². The maximum absolute atomic E-state index is 12.7. The lowest BCUT2D eigenvalue weighted by Gasteiger charge is -2.33. The van der Waals surface area contributed by atoms with Gasteiger partial charge in [0.2, 0.25) is 5.91 Å². The van der Waals surface area contributed by atoms with Gasteiger partial charge in [-0.05, 0) is 38.4 Å². The SMILES string of the molecule is Cc1cnc(CN(C)C(=O)C2CCCN(Cc3ccco3)C2)[nH]1. The number of likely N-dealkylation sites (tertiary alicyclic amines) is 1. The number of amides is 1. The van der Waals surface area contributed by atoms with E-state index < -0.39 is 0 Å². The second kappa shape index (κ2) is 7.00. The normalized spacial score (nSPS) is 19.0. The number of H-pyrrole nitrogens is 1. The summed E-state index contributed by atoms with van der Waals surface area (Å²) in [4.78, 5) is 24.2. The average Bonchev–Trinajstić information content (AvgIpc) is 3.18. The summed E-state index contributed by atoms with van der Waals surface area (Å²) in [6.07, 6.45) is 5.49. The zero-order valence-corrected chi connectivity index (χ0v) is 13.8. The fourth-order valence-electron chi connectivity index (χ4n) is 3.19. The number of carbonyl (C=O) groups is 1. The number of hydrogen-bond acceptors (Lipinski definition) is 4. The first-order chi connectivity index (χ1) is 11.1. The molecule has 0 saturated carbocycles. The molecule has 6 nitrogen and oxygen atoms in total. The molecule has 3 heterocycles. The van der Waals surface area contributed by atoms with Crippen molar-refractivity contribution in [1.82, 2.24) is 19.8 Å². The van der Waals surface area contributed by atoms with E-state index in [2.05, 4.69) is 14.9 Å². The minimum absolute atomic E-state index is 0.0553. The number of aromatic nitrogens is 2. The van der Waals surface area contributed by atoms with Crippen molar-refractivity contribution in [2.24, 2.45) is 5.92 Å². The molecule has 1 N–H and O–H groups in total. The molecule has 23 heavy (non-hydrogen) atoms. The van der Waals surface area contributed by atoms with Crippen LogP contribution in [-0.4, -0.2) is 45.8 Å². The van der Waals surface area contributed by atoms with Crippen molar-refractivity contribution in [2.45, 2.75) is 32.9 Å². The Kier molecular flexibility index (Phi) is 4.81. The molecule has 0 spiro atoms. The van der Waals surface area contributed by atoms with E-state index in [-0.39, 0.29) is 11.8 Å². The fraction of sp³-hybridized carbons (Fsp3) is 0.529. The van der Waals surface area contributed by atoms with Crippen molar-refractivity contribution in [3.63, 3.8) is 0 Å². The van der Waals surface area contributed by atoms with Crippen LogP contribution in [-0.2, 0) is 17.9 Å². The highest BCUT2D eigenvalue weighted by atomic mass is 16.3. The van der Waals surface area contributed by atoms with Gasteiger partial charge in [0.15, 0.2) is 0 Å². The third-order valence-electron chi connectivity index (χ3n) is 4.33. The Morgan fingerprint density at radius 2 is 2.43 bits per heavy atom. The Balaban J connectivity index is 1.55. The highest BCUT2D eigenvalue weighted by Gasteiger charge is 2.28. The molecule has 1 aliphatic heterocycles. The van der Waals surface area contributed by atoms with Crippen LogP contribution in [0.2, 0.25) is 0 Å². The first kappa shape index (κ1) is 15.8. The summed E-state index contributed by atoms with van der Waals surface area (Å²) in [6, 6.07) is 3.89. The Hall–Kier alpha value is -2.08. The van der Waals surface area contributed by atoms with Crippen LogP contribution in [0.5, 0.6) is 0 Å². The number of hydrogen-bond donors (Lipinski definition) is 1. The molecule has 0 aliphatic carbocycles. The lowest BCUT2D eigenvalue weighted by Crippen LogP contribution is -2.43. The molecule has 1 unspecified atom stereocenters. The molecule has 2 aromatic heterocycles. The van der Waals surface area contributed by atoms with E-state index in [0.717, 1.165) is 49.8 Å². The first-order valence-corrected chi connectivity index (χ1v) is 8.12. The number of aryl methyl sites for hydroxylation is 1. The standard InChI is InChI=1S/C17H24N4O2/c1-13-9-18-16(19-13)12-20(2)17(22)14-5-3-7-21(10-14)11-15-6-4-8-23-15/h4,6,8-9,14H,3,5,7,10-12H2,1-2H3,(H,18,19). The van der Waals surface area contributed by atoms with Crippen LogP contribution in [0.15, 0.2) is 29.0 Å². The number of aromatic amines is 1. The zero-order chi connectivity index (χ0) is 16.2. The Labute approximate surface area is 136 Å². The van der Waals surface area contributed by atoms with Crippen LogP contribution >= 0.6 is 0 Å². The summed E-state index contributed by atoms with van der Waals surface area (Å²) in [6.45, 7) is 5.08. The number of imidazole rings is 1. The largest absolute Gasteiger partial charge is 0.468 e. The molecule has 1 atom stereocenters. The molecule has 6 heteroatoms. The van der Waals surface area contributed by atoms with Crippen LogP contribution in [0.3, 0.4) is 0 Å². The Morgan fingerprint density at radius 1 is 1.57 bits per heavy atom. The molecule has 1 fully saturated rings. The second-order valence-electron chi connectivity index (χ2n) is 6.36. The van der Waals surface area contributed by atoms with Gasteiger partial charge < -0.3 is 14.3 Å². The maximum atomic E-state index is 12.7. The van der Waals surface area contributed by atoms with Gasteiger partial charge in [-0.1, -0.05) is 0 Å². The number of nitrogens with one attached hydrogen (secondary N) is 1. The van der Waals surface area contributed by atoms with E-state index >= 15 is 0 Å². The van der Waals surface area contributed by atoms with Gasteiger partial charge in [-0.2, -0.15) is 0 Å². The Morgan fingerprint density at radius 3 is 3.13 bits per heavy atom. The van der Waals surface area contributed by atoms with Crippen molar-refractivity contribution < 1.29 is 9.21 Å². The molecule has 2 aromatic rings. The van der Waals surface area contributed by atoms with Crippen molar-refractivity contribution in [3.05, 3.63) is 41.9 Å². The van der Waals surface area contributed by atoms with E-state index in [9.17, 15) is 4.79 Å². The summed E-state index contributed by atoms with van der Waals surface area (Å²) >= 11 is 0. The van der Waals surface area contributed by atoms with Gasteiger partial charge in [0.05, 0.1) is 25.3 Å². The lowest BCUT2D eigenvalue weighted by atomic mass is 9.96. The smallest absolute Gasteiger partial charge is 0.227 e. The zero-order valence-electron chi connectivity index (χ0n) is 13.8. The van der Waals surface area contributed by atoms with Crippen molar-refractivity contribution in [3.8, 4) is 0 Å². The lowest BCUT2D eigenvalue weighted by molar-refractivity contribution is -0.136. The monoisotopic (exact) mass is 316 g/mol. The summed E-state index contributed by atoms with van der Waals surface area (Å²) in [5, 5.41) is 0. The van der Waals surface area contributed by atoms with Gasteiger partial charge in [-0.15, -0.1) is 0 Å². The quantitative estimate of drug-likeness (QED) is 0.918. The molecular formula is C17H24N4O2. The van der Waals surface area contributed by atoms with E-state index in [0.29, 0.717) is 6.54 Å². The van der Waals surface area contributed by atoms with Gasteiger partial charge >= 0.3 is 0 Å². The minimum atomic E-state index is 0.0553. The predicted molar refractivity (Wildman–Crippen MR) is 86.5 cm³/mol. The van der Waals surface area contributed by atoms with Gasteiger partial charge in [0.1, 0.15) is 11.6 Å². The molecule has 1 amide bonds. The van der Waals surface area contributed by atoms with Crippen LogP contribution in [0.1, 0.15) is 30.1 Å². The third kappa shape index (κ3) is 4.01. The van der Waals surface area contributed by atoms with Crippen molar-refractivity contribution in [1.29, 1.82) is 0 Å². The topological polar surface area (TPSA) is 65.4 Å². The molecule has 0 bridgehead atoms. The molecule has 0 radical (unpaired) electrons. The third-order valence-corrected chi connectivity index (χ3v) is 4.33. The molecular weight excluding hydrogens is 292 g/mol. The van der Waals surface area contributed by atoms with Gasteiger partial charge in [-0.25, -0.2) is 4.98 Å². The van der Waals surface area contributed by atoms with Crippen LogP contribution in [0.4, 0.5) is 0 Å². The highest BCUT2D eigenvalue weighted by molar-refractivity contribution is 5.78. The molecule has 1 saturated heterocycles. The molecule has 0 aromatic carbocycles. The van der Waals surface area contributed by atoms with Crippen molar-refractivity contribution in [2.75, 3.05) is 20.1 Å². The highest BCUT2D eigenvalue weighted by Crippen LogP contribution is 2.21. The van der Waals surface area contributed by atoms with Crippen LogP contribution in [0, 0.1) is 12.8 Å². The number of rotatable bonds is 5. The number of furan rings is 1. The van der Waals surface area contributed by atoms with E-state index in [1.165, 1.54) is 0 Å². The van der Waals surface area contributed by atoms with Crippen LogP contribution in [0.25, 0.3) is 0 Å². The summed E-state index contributed by atoms with van der Waals surface area (Å²) in [5.74, 6) is 2.04. The predicted octanol–water partition coefficient (Wildman–Crippen LogP) is 2.18. The number of piperidine rings is 1. The molecule has 124 valence electrons. The first-order valence-electron chi connectivity index (χ1n) is 8.12.